The van der Waals surface area contributed by atoms with Gasteiger partial charge >= 0.3 is 0 Å². The van der Waals surface area contributed by atoms with Gasteiger partial charge in [0.2, 0.25) is 6.54 Å². The molecule has 0 aliphatic rings. The minimum Gasteiger partial charge on any atom is -0.265 e. The lowest BCUT2D eigenvalue weighted by molar-refractivity contribution is -0.481. The van der Waals surface area contributed by atoms with Crippen LogP contribution >= 0.6 is 31.9 Å². The topological polar surface area (TPSA) is 56.0 Å². The van der Waals surface area contributed by atoms with E-state index in [-0.39, 0.29) is 17.4 Å². The van der Waals surface area contributed by atoms with Crippen molar-refractivity contribution in [3.8, 4) is 0 Å². The summed E-state index contributed by atoms with van der Waals surface area (Å²) >= 11 is 6.84. The quantitative estimate of drug-likeness (QED) is 0.590. The zero-order valence-corrected chi connectivity index (χ0v) is 13.0. The highest BCUT2D eigenvalue weighted by Crippen LogP contribution is 2.35. The fraction of sp³-hybridized carbons (Fsp3) is 0.154. The molecule has 0 aliphatic carbocycles. The number of nitro groups is 1. The van der Waals surface area contributed by atoms with Crippen LogP contribution < -0.4 is 0 Å². The minimum absolute atomic E-state index is 0.161. The van der Waals surface area contributed by atoms with E-state index in [1.54, 1.807) is 12.4 Å². The Morgan fingerprint density at radius 1 is 1.16 bits per heavy atom. The average molecular weight is 386 g/mol. The van der Waals surface area contributed by atoms with Crippen molar-refractivity contribution in [1.82, 2.24) is 4.98 Å². The Morgan fingerprint density at radius 2 is 1.74 bits per heavy atom. The predicted octanol–water partition coefficient (Wildman–Crippen LogP) is 4.02. The Balaban J connectivity index is 2.52. The molecule has 1 unspecified atom stereocenters. The van der Waals surface area contributed by atoms with Gasteiger partial charge in [0.25, 0.3) is 0 Å². The molecule has 4 nitrogen and oxygen atoms in total. The first kappa shape index (κ1) is 14.1. The van der Waals surface area contributed by atoms with Crippen molar-refractivity contribution in [2.45, 2.75) is 5.92 Å². The number of aromatic nitrogens is 1. The lowest BCUT2D eigenvalue weighted by atomic mass is 9.92. The normalized spacial score (nSPS) is 12.1. The van der Waals surface area contributed by atoms with Crippen LogP contribution in [0.3, 0.4) is 0 Å². The summed E-state index contributed by atoms with van der Waals surface area (Å²) in [6, 6.07) is 9.45. The van der Waals surface area contributed by atoms with Crippen LogP contribution in [0.1, 0.15) is 17.0 Å². The zero-order valence-electron chi connectivity index (χ0n) is 9.79. The molecule has 19 heavy (non-hydrogen) atoms. The van der Waals surface area contributed by atoms with E-state index < -0.39 is 0 Å². The van der Waals surface area contributed by atoms with Gasteiger partial charge in [-0.3, -0.25) is 15.1 Å². The number of halogens is 2. The molecule has 0 amide bonds. The Bertz CT molecular complexity index is 570. The molecule has 0 fully saturated rings. The summed E-state index contributed by atoms with van der Waals surface area (Å²) in [6.45, 7) is -0.161. The Labute approximate surface area is 127 Å². The van der Waals surface area contributed by atoms with Crippen molar-refractivity contribution in [2.75, 3.05) is 6.54 Å². The van der Waals surface area contributed by atoms with Crippen LogP contribution in [0.4, 0.5) is 0 Å². The third-order valence-corrected chi connectivity index (χ3v) is 4.04. The highest BCUT2D eigenvalue weighted by Gasteiger charge is 2.24. The van der Waals surface area contributed by atoms with Crippen LogP contribution in [-0.2, 0) is 0 Å². The maximum absolute atomic E-state index is 10.9. The highest BCUT2D eigenvalue weighted by atomic mass is 79.9. The minimum atomic E-state index is -0.317. The van der Waals surface area contributed by atoms with Crippen LogP contribution in [0.15, 0.2) is 51.7 Å². The summed E-state index contributed by atoms with van der Waals surface area (Å²) in [7, 11) is 0. The predicted molar refractivity (Wildman–Crippen MR) is 79.8 cm³/mol. The fourth-order valence-electron chi connectivity index (χ4n) is 1.95. The summed E-state index contributed by atoms with van der Waals surface area (Å²) in [6.07, 6.45) is 3.30. The van der Waals surface area contributed by atoms with E-state index >= 15 is 0 Å². The van der Waals surface area contributed by atoms with Crippen LogP contribution in [-0.4, -0.2) is 16.5 Å². The molecule has 2 aromatic rings. The number of nitrogens with zero attached hydrogens (tertiary/aromatic N) is 2. The fourth-order valence-corrected chi connectivity index (χ4v) is 3.43. The van der Waals surface area contributed by atoms with Crippen LogP contribution in [0, 0.1) is 10.1 Å². The van der Waals surface area contributed by atoms with E-state index in [9.17, 15) is 10.1 Å². The van der Waals surface area contributed by atoms with E-state index in [2.05, 4.69) is 36.8 Å². The lowest BCUT2D eigenvalue weighted by Crippen LogP contribution is -2.15. The van der Waals surface area contributed by atoms with Gasteiger partial charge in [0.1, 0.15) is 0 Å². The molecule has 0 spiro atoms. The maximum Gasteiger partial charge on any atom is 0.214 e. The molecule has 0 radical (unpaired) electrons. The van der Waals surface area contributed by atoms with Crippen molar-refractivity contribution in [3.05, 3.63) is 72.9 Å². The van der Waals surface area contributed by atoms with Crippen LogP contribution in [0.2, 0.25) is 0 Å². The molecule has 1 heterocycles. The average Bonchev–Trinajstić information content (AvgIpc) is 2.38. The second-order valence-corrected chi connectivity index (χ2v) is 5.70. The monoisotopic (exact) mass is 384 g/mol. The molecule has 6 heteroatoms. The highest BCUT2D eigenvalue weighted by molar-refractivity contribution is 9.11. The molecule has 0 saturated carbocycles. The largest absolute Gasteiger partial charge is 0.265 e. The molecule has 1 aromatic carbocycles. The summed E-state index contributed by atoms with van der Waals surface area (Å²) in [5.41, 5.74) is 1.75. The molecule has 1 aromatic heterocycles. The van der Waals surface area contributed by atoms with Gasteiger partial charge in [-0.05, 0) is 43.0 Å². The van der Waals surface area contributed by atoms with Crippen molar-refractivity contribution in [1.29, 1.82) is 0 Å². The van der Waals surface area contributed by atoms with E-state index in [0.29, 0.717) is 0 Å². The van der Waals surface area contributed by atoms with Crippen LogP contribution in [0.5, 0.6) is 0 Å². The molecule has 0 N–H and O–H groups in total. The van der Waals surface area contributed by atoms with Crippen molar-refractivity contribution < 1.29 is 4.92 Å². The van der Waals surface area contributed by atoms with Gasteiger partial charge in [-0.1, -0.05) is 30.3 Å². The molecule has 0 saturated heterocycles. The number of hydrogen-bond acceptors (Lipinski definition) is 3. The summed E-state index contributed by atoms with van der Waals surface area (Å²) in [4.78, 5) is 14.7. The molecule has 1 atom stereocenters. The summed E-state index contributed by atoms with van der Waals surface area (Å²) < 4.78 is 1.52. The zero-order chi connectivity index (χ0) is 13.8. The molecular formula is C13H10Br2N2O2. The molecule has 2 rings (SSSR count). The van der Waals surface area contributed by atoms with Crippen molar-refractivity contribution in [3.63, 3.8) is 0 Å². The first-order valence-corrected chi connectivity index (χ1v) is 7.14. The van der Waals surface area contributed by atoms with Gasteiger partial charge < -0.3 is 0 Å². The Hall–Kier alpha value is -1.27. The van der Waals surface area contributed by atoms with E-state index in [0.717, 1.165) is 20.1 Å². The smallest absolute Gasteiger partial charge is 0.214 e. The van der Waals surface area contributed by atoms with E-state index in [1.807, 2.05) is 30.3 Å². The Morgan fingerprint density at radius 3 is 2.26 bits per heavy atom. The van der Waals surface area contributed by atoms with Gasteiger partial charge in [-0.25, -0.2) is 0 Å². The first-order valence-electron chi connectivity index (χ1n) is 5.55. The van der Waals surface area contributed by atoms with Gasteiger partial charge in [-0.15, -0.1) is 0 Å². The molecular weight excluding hydrogens is 376 g/mol. The van der Waals surface area contributed by atoms with Crippen molar-refractivity contribution >= 4 is 31.9 Å². The standard InChI is InChI=1S/C13H10Br2N2O2/c14-11-6-16-7-12(15)13(11)10(8-17(18)19)9-4-2-1-3-5-9/h1-7,10H,8H2. The molecule has 0 aliphatic heterocycles. The van der Waals surface area contributed by atoms with Gasteiger partial charge in [0.15, 0.2) is 0 Å². The maximum atomic E-state index is 10.9. The third-order valence-electron chi connectivity index (χ3n) is 2.77. The molecule has 98 valence electrons. The lowest BCUT2D eigenvalue weighted by Gasteiger charge is -2.16. The first-order chi connectivity index (χ1) is 9.09. The second-order valence-electron chi connectivity index (χ2n) is 4.00. The number of benzene rings is 1. The van der Waals surface area contributed by atoms with Gasteiger partial charge in [0, 0.05) is 26.3 Å². The summed E-state index contributed by atoms with van der Waals surface area (Å²) in [5, 5.41) is 10.9. The van der Waals surface area contributed by atoms with Gasteiger partial charge in [0.05, 0.1) is 5.92 Å². The third kappa shape index (κ3) is 3.39. The van der Waals surface area contributed by atoms with E-state index in [1.165, 1.54) is 0 Å². The van der Waals surface area contributed by atoms with Gasteiger partial charge in [-0.2, -0.15) is 0 Å². The van der Waals surface area contributed by atoms with Crippen LogP contribution in [0.25, 0.3) is 0 Å². The SMILES string of the molecule is O=[N+]([O-])CC(c1ccccc1)c1c(Br)cncc1Br. The second kappa shape index (κ2) is 6.25. The molecule has 0 bridgehead atoms. The number of hydrogen-bond donors (Lipinski definition) is 0. The Kier molecular flexibility index (Phi) is 4.66. The number of pyridine rings is 1. The van der Waals surface area contributed by atoms with Crippen molar-refractivity contribution in [2.24, 2.45) is 0 Å². The summed E-state index contributed by atoms with van der Waals surface area (Å²) in [5.74, 6) is -0.317. The van der Waals surface area contributed by atoms with E-state index in [4.69, 9.17) is 0 Å². The number of rotatable bonds is 4.